The number of carbonyl (C=O) groups excluding carboxylic acids is 1. The summed E-state index contributed by atoms with van der Waals surface area (Å²) in [5.41, 5.74) is 1.45. The molecule has 1 aliphatic rings. The van der Waals surface area contributed by atoms with Crippen LogP contribution in [0.4, 0.5) is 0 Å². The minimum Gasteiger partial charge on any atom is -0.481 e. The maximum absolute atomic E-state index is 12.7. The molecule has 6 heteroatoms. The van der Waals surface area contributed by atoms with Gasteiger partial charge >= 0.3 is 5.97 Å². The molecule has 2 aromatic rings. The number of rotatable bonds is 6. The number of carboxylic acids is 1. The van der Waals surface area contributed by atoms with Crippen molar-refractivity contribution < 1.29 is 14.7 Å². The topological polar surface area (TPSA) is 75.4 Å². The van der Waals surface area contributed by atoms with E-state index in [4.69, 9.17) is 5.11 Å². The minimum atomic E-state index is -0.877. The van der Waals surface area contributed by atoms with Crippen LogP contribution in [0, 0.1) is 5.92 Å². The Kier molecular flexibility index (Phi) is 4.14. The standard InChI is InChI=1S/C17H19N3O3/c1-12(17(22)23)11-19(14-7-8-14)16(21)13-3-5-15(6-4-13)20-10-2-9-18-20/h2-6,9-10,12,14H,7-8,11H2,1H3,(H,22,23). The zero-order valence-electron chi connectivity index (χ0n) is 12.9. The molecule has 1 heterocycles. The van der Waals surface area contributed by atoms with Crippen LogP contribution in [0.1, 0.15) is 30.1 Å². The van der Waals surface area contributed by atoms with Gasteiger partial charge in [-0.1, -0.05) is 6.92 Å². The molecule has 1 aromatic heterocycles. The number of nitrogens with zero attached hydrogens (tertiary/aromatic N) is 3. The molecule has 1 N–H and O–H groups in total. The lowest BCUT2D eigenvalue weighted by Crippen LogP contribution is -2.38. The number of aromatic nitrogens is 2. The van der Waals surface area contributed by atoms with Gasteiger partial charge in [0.05, 0.1) is 11.6 Å². The van der Waals surface area contributed by atoms with E-state index in [1.807, 2.05) is 24.4 Å². The van der Waals surface area contributed by atoms with Crippen LogP contribution in [0.25, 0.3) is 5.69 Å². The Morgan fingerprint density at radius 1 is 1.35 bits per heavy atom. The molecule has 0 bridgehead atoms. The number of benzene rings is 1. The summed E-state index contributed by atoms with van der Waals surface area (Å²) in [6.07, 6.45) is 5.43. The number of carbonyl (C=O) groups is 2. The zero-order chi connectivity index (χ0) is 16.4. The van der Waals surface area contributed by atoms with E-state index in [1.165, 1.54) is 0 Å². The van der Waals surface area contributed by atoms with Crippen molar-refractivity contribution in [3.8, 4) is 5.69 Å². The second-order valence-electron chi connectivity index (χ2n) is 5.93. The summed E-state index contributed by atoms with van der Waals surface area (Å²) in [5.74, 6) is -1.55. The third-order valence-electron chi connectivity index (χ3n) is 4.02. The molecular weight excluding hydrogens is 294 g/mol. The highest BCUT2D eigenvalue weighted by atomic mass is 16.4. The third kappa shape index (κ3) is 3.41. The molecule has 1 unspecified atom stereocenters. The SMILES string of the molecule is CC(CN(C(=O)c1ccc(-n2cccn2)cc1)C1CC1)C(=O)O. The number of hydrogen-bond acceptors (Lipinski definition) is 3. The molecule has 0 spiro atoms. The van der Waals surface area contributed by atoms with Gasteiger partial charge in [0, 0.05) is 30.5 Å². The number of hydrogen-bond donors (Lipinski definition) is 1. The molecular formula is C17H19N3O3. The summed E-state index contributed by atoms with van der Waals surface area (Å²) in [6, 6.07) is 9.22. The minimum absolute atomic E-state index is 0.104. The fourth-order valence-corrected chi connectivity index (χ4v) is 2.50. The Morgan fingerprint density at radius 3 is 2.57 bits per heavy atom. The van der Waals surface area contributed by atoms with Gasteiger partial charge in [0.25, 0.3) is 5.91 Å². The normalized spacial score (nSPS) is 15.2. The maximum Gasteiger partial charge on any atom is 0.308 e. The lowest BCUT2D eigenvalue weighted by atomic mass is 10.1. The average Bonchev–Trinajstić information content (AvgIpc) is 3.25. The second kappa shape index (κ2) is 6.24. The zero-order valence-corrected chi connectivity index (χ0v) is 12.9. The van der Waals surface area contributed by atoms with Crippen LogP contribution in [0.15, 0.2) is 42.7 Å². The van der Waals surface area contributed by atoms with Crippen LogP contribution in [0.3, 0.4) is 0 Å². The fraction of sp³-hybridized carbons (Fsp3) is 0.353. The van der Waals surface area contributed by atoms with Crippen LogP contribution < -0.4 is 0 Å². The molecule has 3 rings (SSSR count). The smallest absolute Gasteiger partial charge is 0.308 e. The maximum atomic E-state index is 12.7. The van der Waals surface area contributed by atoms with Crippen molar-refractivity contribution in [1.29, 1.82) is 0 Å². The average molecular weight is 313 g/mol. The predicted octanol–water partition coefficient (Wildman–Crippen LogP) is 2.20. The molecule has 1 aromatic carbocycles. The van der Waals surface area contributed by atoms with Gasteiger partial charge in [-0.25, -0.2) is 4.68 Å². The van der Waals surface area contributed by atoms with Crippen molar-refractivity contribution in [3.63, 3.8) is 0 Å². The molecule has 0 aliphatic heterocycles. The van der Waals surface area contributed by atoms with Gasteiger partial charge in [-0.2, -0.15) is 5.10 Å². The van der Waals surface area contributed by atoms with Crippen LogP contribution in [0.2, 0.25) is 0 Å². The number of carboxylic acid groups (broad SMARTS) is 1. The van der Waals surface area contributed by atoms with Gasteiger partial charge < -0.3 is 10.0 Å². The van der Waals surface area contributed by atoms with E-state index in [0.717, 1.165) is 18.5 Å². The Hall–Kier alpha value is -2.63. The first-order valence-electron chi connectivity index (χ1n) is 7.70. The summed E-state index contributed by atoms with van der Waals surface area (Å²) in [6.45, 7) is 1.88. The number of aliphatic carboxylic acids is 1. The van der Waals surface area contributed by atoms with Crippen molar-refractivity contribution in [2.75, 3.05) is 6.54 Å². The first kappa shape index (κ1) is 15.3. The van der Waals surface area contributed by atoms with Gasteiger partial charge in [0.1, 0.15) is 0 Å². The van der Waals surface area contributed by atoms with Crippen LogP contribution in [-0.2, 0) is 4.79 Å². The van der Waals surface area contributed by atoms with E-state index < -0.39 is 11.9 Å². The van der Waals surface area contributed by atoms with Crippen molar-refractivity contribution in [3.05, 3.63) is 48.3 Å². The van der Waals surface area contributed by atoms with E-state index in [-0.39, 0.29) is 18.5 Å². The second-order valence-corrected chi connectivity index (χ2v) is 5.93. The molecule has 120 valence electrons. The Bertz CT molecular complexity index is 690. The fourth-order valence-electron chi connectivity index (χ4n) is 2.50. The van der Waals surface area contributed by atoms with Gasteiger partial charge in [-0.05, 0) is 43.2 Å². The lowest BCUT2D eigenvalue weighted by molar-refractivity contribution is -0.141. The first-order chi connectivity index (χ1) is 11.1. The summed E-state index contributed by atoms with van der Waals surface area (Å²) < 4.78 is 1.72. The highest BCUT2D eigenvalue weighted by Gasteiger charge is 2.34. The molecule has 1 saturated carbocycles. The summed E-state index contributed by atoms with van der Waals surface area (Å²) >= 11 is 0. The van der Waals surface area contributed by atoms with E-state index >= 15 is 0 Å². The summed E-state index contributed by atoms with van der Waals surface area (Å²) in [7, 11) is 0. The molecule has 6 nitrogen and oxygen atoms in total. The highest BCUT2D eigenvalue weighted by molar-refractivity contribution is 5.95. The summed E-state index contributed by atoms with van der Waals surface area (Å²) in [5, 5.41) is 13.2. The van der Waals surface area contributed by atoms with E-state index in [2.05, 4.69) is 5.10 Å². The third-order valence-corrected chi connectivity index (χ3v) is 4.02. The van der Waals surface area contributed by atoms with E-state index in [1.54, 1.807) is 34.8 Å². The summed E-state index contributed by atoms with van der Waals surface area (Å²) in [4.78, 5) is 25.5. The number of amides is 1. The molecule has 1 amide bonds. The molecule has 0 saturated heterocycles. The van der Waals surface area contributed by atoms with Crippen LogP contribution in [-0.4, -0.2) is 44.3 Å². The van der Waals surface area contributed by atoms with Crippen molar-refractivity contribution in [2.24, 2.45) is 5.92 Å². The Morgan fingerprint density at radius 2 is 2.04 bits per heavy atom. The van der Waals surface area contributed by atoms with Crippen molar-refractivity contribution >= 4 is 11.9 Å². The highest BCUT2D eigenvalue weighted by Crippen LogP contribution is 2.29. The monoisotopic (exact) mass is 313 g/mol. The van der Waals surface area contributed by atoms with Crippen LogP contribution >= 0.6 is 0 Å². The largest absolute Gasteiger partial charge is 0.481 e. The molecule has 0 radical (unpaired) electrons. The molecule has 1 aliphatic carbocycles. The van der Waals surface area contributed by atoms with Gasteiger partial charge in [-0.15, -0.1) is 0 Å². The predicted molar refractivity (Wildman–Crippen MR) is 84.4 cm³/mol. The van der Waals surface area contributed by atoms with Crippen LogP contribution in [0.5, 0.6) is 0 Å². The molecule has 23 heavy (non-hydrogen) atoms. The lowest BCUT2D eigenvalue weighted by Gasteiger charge is -2.24. The van der Waals surface area contributed by atoms with Gasteiger partial charge in [0.2, 0.25) is 0 Å². The van der Waals surface area contributed by atoms with Crippen molar-refractivity contribution in [1.82, 2.24) is 14.7 Å². The van der Waals surface area contributed by atoms with Gasteiger partial charge in [-0.3, -0.25) is 9.59 Å². The van der Waals surface area contributed by atoms with Gasteiger partial charge in [0.15, 0.2) is 0 Å². The quantitative estimate of drug-likeness (QED) is 0.887. The first-order valence-corrected chi connectivity index (χ1v) is 7.70. The molecule has 1 fully saturated rings. The Balaban J connectivity index is 1.76. The Labute approximate surface area is 134 Å². The van der Waals surface area contributed by atoms with Crippen molar-refractivity contribution in [2.45, 2.75) is 25.8 Å². The molecule has 1 atom stereocenters. The van der Waals surface area contributed by atoms with E-state index in [0.29, 0.717) is 5.56 Å². The van der Waals surface area contributed by atoms with E-state index in [9.17, 15) is 9.59 Å².